The number of hydrogen-bond acceptors (Lipinski definition) is 13. The number of aromatic nitrogens is 1. The Balaban J connectivity index is 1.25. The van der Waals surface area contributed by atoms with Gasteiger partial charge in [0.1, 0.15) is 29.7 Å². The van der Waals surface area contributed by atoms with Gasteiger partial charge in [-0.15, -0.1) is 0 Å². The summed E-state index contributed by atoms with van der Waals surface area (Å²) in [5, 5.41) is 11.7. The van der Waals surface area contributed by atoms with E-state index in [2.05, 4.69) is 5.32 Å². The number of carbonyl (C=O) groups excluding carboxylic acids is 6. The van der Waals surface area contributed by atoms with E-state index in [4.69, 9.17) is 29.8 Å². The highest BCUT2D eigenvalue weighted by Crippen LogP contribution is 2.41. The summed E-state index contributed by atoms with van der Waals surface area (Å²) in [5.74, 6) is -5.26. The van der Waals surface area contributed by atoms with Crippen LogP contribution in [0.5, 0.6) is 0 Å². The predicted octanol–water partition coefficient (Wildman–Crippen LogP) is 5.38. The normalized spacial score (nSPS) is 13.4. The number of nitrogens with two attached hydrogens (primary N) is 1. The highest BCUT2D eigenvalue weighted by Gasteiger charge is 2.37. The monoisotopic (exact) mass is 1030 g/mol. The lowest BCUT2D eigenvalue weighted by Crippen LogP contribution is -2.44. The third kappa shape index (κ3) is 20.5. The molecule has 0 bridgehead atoms. The first-order chi connectivity index (χ1) is 34.5. The summed E-state index contributed by atoms with van der Waals surface area (Å²) in [6, 6.07) is 14.2. The van der Waals surface area contributed by atoms with Crippen molar-refractivity contribution in [1.29, 1.82) is 0 Å². The predicted molar refractivity (Wildman–Crippen MR) is 267 cm³/mol. The second-order valence-electron chi connectivity index (χ2n) is 18.2. The fraction of sp³-hybridized carbons (Fsp3) is 0.519. The van der Waals surface area contributed by atoms with Crippen LogP contribution in [0.3, 0.4) is 0 Å². The summed E-state index contributed by atoms with van der Waals surface area (Å²) in [7, 11) is 0. The molecule has 1 aromatic heterocycles. The van der Waals surface area contributed by atoms with Crippen LogP contribution in [0.4, 0.5) is 8.78 Å². The minimum atomic E-state index is -1.12. The van der Waals surface area contributed by atoms with E-state index < -0.39 is 52.7 Å². The van der Waals surface area contributed by atoms with Gasteiger partial charge in [-0.05, 0) is 54.6 Å². The molecule has 394 valence electrons. The fourth-order valence-corrected chi connectivity index (χ4v) is 8.94. The second-order valence-corrected chi connectivity index (χ2v) is 19.2. The number of nitrogens with one attached hydrogen (secondary N) is 1. The number of Topliss-reactive ketones (excluding diaryl/α,β-unsaturated/α-hetero) is 2. The quantitative estimate of drug-likeness (QED) is 0.0492. The Kier molecular flexibility index (Phi) is 25.4. The van der Waals surface area contributed by atoms with Gasteiger partial charge in [-0.1, -0.05) is 51.1 Å². The highest BCUT2D eigenvalue weighted by atomic mass is 32.2. The summed E-state index contributed by atoms with van der Waals surface area (Å²) >= 11 is 1.22. The Morgan fingerprint density at radius 1 is 0.819 bits per heavy atom. The van der Waals surface area contributed by atoms with Crippen molar-refractivity contribution in [3.63, 3.8) is 0 Å². The molecule has 4 amide bonds. The van der Waals surface area contributed by atoms with Crippen molar-refractivity contribution in [2.24, 2.45) is 17.1 Å². The van der Waals surface area contributed by atoms with Crippen LogP contribution in [0.2, 0.25) is 0 Å². The highest BCUT2D eigenvalue weighted by molar-refractivity contribution is 7.99. The molecule has 2 heterocycles. The zero-order valence-electron chi connectivity index (χ0n) is 41.5. The molecule has 2 atom stereocenters. The number of rotatable bonds is 36. The molecular weight excluding hydrogens is 957 g/mol. The maximum Gasteiger partial charge on any atom is 0.303 e. The number of ketones is 2. The molecule has 17 nitrogen and oxygen atoms in total. The molecule has 4 N–H and O–H groups in total. The number of hydrogen-bond donors (Lipinski definition) is 3. The van der Waals surface area contributed by atoms with Gasteiger partial charge in [0.25, 0.3) is 11.8 Å². The third-order valence-electron chi connectivity index (χ3n) is 11.4. The number of ether oxygens (including phenoxy) is 4. The van der Waals surface area contributed by atoms with Gasteiger partial charge >= 0.3 is 5.97 Å². The van der Waals surface area contributed by atoms with Crippen LogP contribution in [0.1, 0.15) is 76.6 Å². The number of amides is 4. The molecule has 20 heteroatoms. The molecule has 0 saturated heterocycles. The number of aliphatic carboxylic acids is 1. The maximum absolute atomic E-state index is 15.2. The summed E-state index contributed by atoms with van der Waals surface area (Å²) in [4.78, 5) is 89.8. The molecule has 0 saturated carbocycles. The summed E-state index contributed by atoms with van der Waals surface area (Å²) < 4.78 is 53.7. The van der Waals surface area contributed by atoms with E-state index in [1.807, 2.05) is 55.7 Å². The summed E-state index contributed by atoms with van der Waals surface area (Å²) in [6.45, 7) is 9.08. The first-order valence-corrected chi connectivity index (χ1v) is 25.3. The van der Waals surface area contributed by atoms with E-state index in [0.717, 1.165) is 40.8 Å². The average Bonchev–Trinajstić information content (AvgIpc) is 3.89. The molecule has 3 aromatic rings. The topological polar surface area (TPSA) is 226 Å². The molecule has 2 aromatic carbocycles. The number of benzene rings is 2. The third-order valence-corrected chi connectivity index (χ3v) is 12.5. The van der Waals surface area contributed by atoms with Gasteiger partial charge in [0, 0.05) is 92.3 Å². The van der Waals surface area contributed by atoms with E-state index >= 15 is 4.39 Å². The molecule has 72 heavy (non-hydrogen) atoms. The molecule has 0 aliphatic carbocycles. The Morgan fingerprint density at radius 2 is 1.46 bits per heavy atom. The number of carboxylic acid groups (broad SMARTS) is 1. The zero-order chi connectivity index (χ0) is 52.5. The van der Waals surface area contributed by atoms with E-state index in [0.29, 0.717) is 63.6 Å². The van der Waals surface area contributed by atoms with Gasteiger partial charge in [0.05, 0.1) is 64.5 Å². The standard InChI is InChI=1S/C52H69F2N5O12S/c1-52(2,3)51(44-30-38(42-31-40(53)12-14-43(42)54)33-57(44)32-37-9-5-4-6-10-37)58(20-8-18-55)49(65)36-72-35-39(29-41(60)13-17-50(66)67)45(61)11-7-21-68-23-25-70-27-28-71-26-24-69-22-19-56-46(62)34-59-47(63)15-16-48(59)64/h4-6,9-10,12,14-16,30-31,33,39,51H,7-8,11,13,17-29,32,34-36,55H2,1-3H3,(H,56,62)(H,66,67)/t39-,51-/m0/s1. The van der Waals surface area contributed by atoms with Crippen molar-refractivity contribution < 1.29 is 66.4 Å². The first-order valence-electron chi connectivity index (χ1n) is 24.1. The van der Waals surface area contributed by atoms with Gasteiger partial charge in [-0.3, -0.25) is 38.5 Å². The maximum atomic E-state index is 15.2. The lowest BCUT2D eigenvalue weighted by molar-refractivity contribution is -0.141. The van der Waals surface area contributed by atoms with Gasteiger partial charge in [0.2, 0.25) is 11.8 Å². The molecule has 4 rings (SSSR count). The Hall–Kier alpha value is -5.64. The van der Waals surface area contributed by atoms with Gasteiger partial charge in [-0.25, -0.2) is 8.78 Å². The molecule has 0 fully saturated rings. The van der Waals surface area contributed by atoms with Gasteiger partial charge in [-0.2, -0.15) is 11.8 Å². The van der Waals surface area contributed by atoms with Gasteiger partial charge in [0.15, 0.2) is 0 Å². The number of halogens is 2. The average molecular weight is 1030 g/mol. The van der Waals surface area contributed by atoms with Crippen molar-refractivity contribution in [2.45, 2.75) is 71.9 Å². The number of imide groups is 1. The van der Waals surface area contributed by atoms with E-state index in [1.54, 1.807) is 17.2 Å². The Labute approximate surface area is 424 Å². The number of thioether (sulfide) groups is 1. The van der Waals surface area contributed by atoms with Gasteiger partial charge < -0.3 is 44.6 Å². The van der Waals surface area contributed by atoms with Crippen LogP contribution in [0.25, 0.3) is 11.1 Å². The number of nitrogens with zero attached hydrogens (tertiary/aromatic N) is 3. The van der Waals surface area contributed by atoms with Crippen molar-refractivity contribution >= 4 is 52.9 Å². The number of carboxylic acids is 1. The largest absolute Gasteiger partial charge is 0.481 e. The summed E-state index contributed by atoms with van der Waals surface area (Å²) in [5.41, 5.74) is 7.65. The van der Waals surface area contributed by atoms with Crippen molar-refractivity contribution in [3.8, 4) is 11.1 Å². The first kappa shape index (κ1) is 58.9. The van der Waals surface area contributed by atoms with Crippen molar-refractivity contribution in [2.75, 3.05) is 90.5 Å². The minimum Gasteiger partial charge on any atom is -0.481 e. The minimum absolute atomic E-state index is 0.0352. The van der Waals surface area contributed by atoms with Crippen LogP contribution in [-0.2, 0) is 59.1 Å². The van der Waals surface area contributed by atoms with E-state index in [1.165, 1.54) is 11.8 Å². The molecule has 0 radical (unpaired) electrons. The van der Waals surface area contributed by atoms with Crippen LogP contribution in [0.15, 0.2) is 72.9 Å². The van der Waals surface area contributed by atoms with Crippen LogP contribution < -0.4 is 11.1 Å². The molecular formula is C52H69F2N5O12S. The lowest BCUT2D eigenvalue weighted by Gasteiger charge is -2.41. The van der Waals surface area contributed by atoms with Crippen LogP contribution >= 0.6 is 11.8 Å². The Morgan fingerprint density at radius 3 is 2.08 bits per heavy atom. The SMILES string of the molecule is CC(C)(C)[C@H](c1cc(-c2cc(F)ccc2F)cn1Cc1ccccc1)N(CCCN)C(=O)CSC[C@H](CC(=O)CCC(=O)O)C(=O)CCCOCCOCCOCCOCCNC(=O)CN1C(=O)C=CC1=O. The second kappa shape index (κ2) is 31.1. The smallest absolute Gasteiger partial charge is 0.303 e. The Bertz CT molecular complexity index is 2270. The summed E-state index contributed by atoms with van der Waals surface area (Å²) in [6.07, 6.45) is 4.22. The van der Waals surface area contributed by atoms with Crippen LogP contribution in [0, 0.1) is 23.0 Å². The number of carbonyl (C=O) groups is 7. The zero-order valence-corrected chi connectivity index (χ0v) is 42.3. The lowest BCUT2D eigenvalue weighted by atomic mass is 9.83. The van der Waals surface area contributed by atoms with E-state index in [-0.39, 0.29) is 106 Å². The molecule has 1 aliphatic heterocycles. The van der Waals surface area contributed by atoms with Crippen molar-refractivity contribution in [1.82, 2.24) is 19.7 Å². The molecule has 0 spiro atoms. The van der Waals surface area contributed by atoms with Crippen LogP contribution in [-0.4, -0.2) is 151 Å². The fourth-order valence-electron chi connectivity index (χ4n) is 7.90. The molecule has 1 aliphatic rings. The van der Waals surface area contributed by atoms with Crippen molar-refractivity contribution in [3.05, 3.63) is 95.8 Å². The van der Waals surface area contributed by atoms with E-state index in [9.17, 15) is 38.0 Å². The molecule has 0 unspecified atom stereocenters.